The van der Waals surface area contributed by atoms with Crippen molar-refractivity contribution in [3.63, 3.8) is 0 Å². The zero-order valence-electron chi connectivity index (χ0n) is 16.8. The Kier molecular flexibility index (Phi) is 5.03. The molecule has 0 saturated heterocycles. The van der Waals surface area contributed by atoms with Crippen LogP contribution in [0.25, 0.3) is 11.3 Å². The summed E-state index contributed by atoms with van der Waals surface area (Å²) in [5.74, 6) is -1.46. The molecule has 8 heteroatoms. The van der Waals surface area contributed by atoms with E-state index in [1.54, 1.807) is 24.5 Å². The van der Waals surface area contributed by atoms with E-state index in [0.717, 1.165) is 29.0 Å². The van der Waals surface area contributed by atoms with E-state index in [-0.39, 0.29) is 5.56 Å². The predicted molar refractivity (Wildman–Crippen MR) is 108 cm³/mol. The maximum absolute atomic E-state index is 14.5. The first-order valence-electron chi connectivity index (χ1n) is 9.68. The van der Waals surface area contributed by atoms with Crippen LogP contribution in [-0.2, 0) is 16.4 Å². The smallest absolute Gasteiger partial charge is 0.325 e. The van der Waals surface area contributed by atoms with Crippen LogP contribution in [-0.4, -0.2) is 15.9 Å². The summed E-state index contributed by atoms with van der Waals surface area (Å²) in [4.78, 5) is 21.5. The van der Waals surface area contributed by atoms with E-state index < -0.39 is 28.9 Å². The Balaban J connectivity index is 1.56. The number of aryl methyl sites for hydroxylation is 2. The molecule has 0 spiro atoms. The van der Waals surface area contributed by atoms with E-state index in [1.165, 1.54) is 0 Å². The van der Waals surface area contributed by atoms with Gasteiger partial charge in [0, 0.05) is 23.0 Å². The Morgan fingerprint density at radius 2 is 1.77 bits per heavy atom. The first-order valence-corrected chi connectivity index (χ1v) is 9.68. The van der Waals surface area contributed by atoms with Crippen molar-refractivity contribution in [2.45, 2.75) is 38.3 Å². The molecule has 4 rings (SSSR count). The second-order valence-electron chi connectivity index (χ2n) is 7.80. The number of alkyl halides is 3. The molecule has 2 aromatic carbocycles. The molecule has 0 radical (unpaired) electrons. The van der Waals surface area contributed by atoms with Gasteiger partial charge in [0.1, 0.15) is 5.82 Å². The van der Waals surface area contributed by atoms with E-state index in [9.17, 15) is 22.4 Å². The van der Waals surface area contributed by atoms with E-state index >= 15 is 0 Å². The molecule has 1 saturated carbocycles. The van der Waals surface area contributed by atoms with E-state index in [1.807, 2.05) is 19.9 Å². The molecular formula is C23H19F4N3O. The first kappa shape index (κ1) is 21.0. The molecule has 1 aliphatic carbocycles. The highest BCUT2D eigenvalue weighted by Gasteiger charge is 2.53. The Morgan fingerprint density at radius 3 is 2.32 bits per heavy atom. The lowest BCUT2D eigenvalue weighted by Gasteiger charge is -2.18. The predicted octanol–water partition coefficient (Wildman–Crippen LogP) is 5.59. The minimum atomic E-state index is -4.64. The van der Waals surface area contributed by atoms with E-state index in [0.29, 0.717) is 30.3 Å². The standard InChI is InChI=1S/C23H19F4N3O/c1-13-9-16(4-5-17(13)20-12-28-14(2)11-29-20)30-21(31)22(7-8-22)18-6-3-15(10-19(18)24)23(25,26)27/h3-6,9-12H,7-8H2,1-2H3,(H,30,31). The number of benzene rings is 2. The van der Waals surface area contributed by atoms with Crippen LogP contribution in [0.1, 0.15) is 35.2 Å². The molecule has 0 bridgehead atoms. The number of rotatable bonds is 4. The Morgan fingerprint density at radius 1 is 1.03 bits per heavy atom. The molecule has 31 heavy (non-hydrogen) atoms. The van der Waals surface area contributed by atoms with Gasteiger partial charge in [0.2, 0.25) is 5.91 Å². The highest BCUT2D eigenvalue weighted by Crippen LogP contribution is 2.50. The molecule has 160 valence electrons. The highest BCUT2D eigenvalue weighted by molar-refractivity contribution is 6.01. The average molecular weight is 429 g/mol. The number of halogens is 4. The molecule has 3 aromatic rings. The van der Waals surface area contributed by atoms with Crippen LogP contribution >= 0.6 is 0 Å². The topological polar surface area (TPSA) is 54.9 Å². The fourth-order valence-corrected chi connectivity index (χ4v) is 3.63. The van der Waals surface area contributed by atoms with Crippen LogP contribution in [0.4, 0.5) is 23.2 Å². The van der Waals surface area contributed by atoms with Gasteiger partial charge in [-0.15, -0.1) is 0 Å². The van der Waals surface area contributed by atoms with Crippen molar-refractivity contribution in [3.8, 4) is 11.3 Å². The van der Waals surface area contributed by atoms with Gasteiger partial charge in [-0.3, -0.25) is 14.8 Å². The molecule has 1 amide bonds. The maximum atomic E-state index is 14.5. The summed E-state index contributed by atoms with van der Waals surface area (Å²) in [6.07, 6.45) is -0.559. The second-order valence-corrected chi connectivity index (χ2v) is 7.80. The fraction of sp³-hybridized carbons (Fsp3) is 0.261. The molecule has 1 aliphatic rings. The Labute approximate surface area is 176 Å². The van der Waals surface area contributed by atoms with Gasteiger partial charge in [0.05, 0.1) is 28.6 Å². The molecular weight excluding hydrogens is 410 g/mol. The highest BCUT2D eigenvalue weighted by atomic mass is 19.4. The lowest BCUT2D eigenvalue weighted by molar-refractivity contribution is -0.137. The number of hydrogen-bond donors (Lipinski definition) is 1. The second kappa shape index (κ2) is 7.44. The van der Waals surface area contributed by atoms with Crippen molar-refractivity contribution in [2.24, 2.45) is 0 Å². The van der Waals surface area contributed by atoms with Gasteiger partial charge < -0.3 is 5.32 Å². The van der Waals surface area contributed by atoms with Gasteiger partial charge in [-0.1, -0.05) is 12.1 Å². The SMILES string of the molecule is Cc1cnc(-c2ccc(NC(=O)C3(c4ccc(C(F)(F)F)cc4F)CC3)cc2C)cn1. The minimum Gasteiger partial charge on any atom is -0.325 e. The average Bonchev–Trinajstić information content (AvgIpc) is 3.50. The third-order valence-electron chi connectivity index (χ3n) is 5.54. The van der Waals surface area contributed by atoms with Crippen molar-refractivity contribution in [2.75, 3.05) is 5.32 Å². The van der Waals surface area contributed by atoms with Crippen LogP contribution in [0.3, 0.4) is 0 Å². The van der Waals surface area contributed by atoms with Gasteiger partial charge in [0.25, 0.3) is 0 Å². The van der Waals surface area contributed by atoms with Gasteiger partial charge >= 0.3 is 6.18 Å². The number of carbonyl (C=O) groups excluding carboxylic acids is 1. The molecule has 1 N–H and O–H groups in total. The number of hydrogen-bond acceptors (Lipinski definition) is 3. The number of nitrogens with one attached hydrogen (secondary N) is 1. The maximum Gasteiger partial charge on any atom is 0.416 e. The van der Waals surface area contributed by atoms with Crippen molar-refractivity contribution >= 4 is 11.6 Å². The molecule has 0 unspecified atom stereocenters. The van der Waals surface area contributed by atoms with Gasteiger partial charge in [-0.25, -0.2) is 4.39 Å². The Hall–Kier alpha value is -3.29. The summed E-state index contributed by atoms with van der Waals surface area (Å²) < 4.78 is 52.9. The number of amides is 1. The summed E-state index contributed by atoms with van der Waals surface area (Å²) in [6.45, 7) is 3.71. The lowest BCUT2D eigenvalue weighted by atomic mass is 9.93. The third-order valence-corrected chi connectivity index (χ3v) is 5.54. The van der Waals surface area contributed by atoms with Crippen LogP contribution in [0.15, 0.2) is 48.8 Å². The van der Waals surface area contributed by atoms with Crippen LogP contribution in [0.5, 0.6) is 0 Å². The molecule has 1 aromatic heterocycles. The van der Waals surface area contributed by atoms with Crippen molar-refractivity contribution in [1.29, 1.82) is 0 Å². The van der Waals surface area contributed by atoms with Crippen molar-refractivity contribution in [3.05, 3.63) is 77.0 Å². The number of nitrogens with zero attached hydrogens (tertiary/aromatic N) is 2. The molecule has 1 heterocycles. The normalized spacial score (nSPS) is 14.9. The Bertz CT molecular complexity index is 1150. The minimum absolute atomic E-state index is 0.0127. The van der Waals surface area contributed by atoms with Gasteiger partial charge in [0.15, 0.2) is 0 Å². The van der Waals surface area contributed by atoms with E-state index in [4.69, 9.17) is 0 Å². The summed E-state index contributed by atoms with van der Waals surface area (Å²) in [6, 6.07) is 7.62. The largest absolute Gasteiger partial charge is 0.416 e. The fourth-order valence-electron chi connectivity index (χ4n) is 3.63. The van der Waals surface area contributed by atoms with Gasteiger partial charge in [-0.2, -0.15) is 13.2 Å². The summed E-state index contributed by atoms with van der Waals surface area (Å²) in [5.41, 5.74) is 1.51. The van der Waals surface area contributed by atoms with Crippen LogP contribution in [0, 0.1) is 19.7 Å². The third kappa shape index (κ3) is 4.02. The summed E-state index contributed by atoms with van der Waals surface area (Å²) >= 11 is 0. The van der Waals surface area contributed by atoms with E-state index in [2.05, 4.69) is 15.3 Å². The number of aromatic nitrogens is 2. The quantitative estimate of drug-likeness (QED) is 0.550. The van der Waals surface area contributed by atoms with Crippen LogP contribution in [0.2, 0.25) is 0 Å². The van der Waals surface area contributed by atoms with Crippen LogP contribution < -0.4 is 5.32 Å². The number of carbonyl (C=O) groups is 1. The molecule has 0 atom stereocenters. The first-order chi connectivity index (χ1) is 14.6. The monoisotopic (exact) mass is 429 g/mol. The molecule has 0 aliphatic heterocycles. The number of anilines is 1. The summed E-state index contributed by atoms with van der Waals surface area (Å²) in [5, 5.41) is 2.78. The molecule has 4 nitrogen and oxygen atoms in total. The zero-order valence-corrected chi connectivity index (χ0v) is 16.8. The zero-order chi connectivity index (χ0) is 22.4. The van der Waals surface area contributed by atoms with Crippen molar-refractivity contribution in [1.82, 2.24) is 9.97 Å². The van der Waals surface area contributed by atoms with Crippen molar-refractivity contribution < 1.29 is 22.4 Å². The molecule has 1 fully saturated rings. The lowest BCUT2D eigenvalue weighted by Crippen LogP contribution is -2.29. The van der Waals surface area contributed by atoms with Gasteiger partial charge in [-0.05, 0) is 56.5 Å². The summed E-state index contributed by atoms with van der Waals surface area (Å²) in [7, 11) is 0.